The Morgan fingerprint density at radius 2 is 2.03 bits per heavy atom. The van der Waals surface area contributed by atoms with Crippen LogP contribution in [0.4, 0.5) is 5.82 Å². The molecule has 1 spiro atoms. The maximum absolute atomic E-state index is 10.2. The van der Waals surface area contributed by atoms with Gasteiger partial charge >= 0.3 is 0 Å². The van der Waals surface area contributed by atoms with Crippen molar-refractivity contribution in [1.29, 1.82) is 0 Å². The van der Waals surface area contributed by atoms with Crippen molar-refractivity contribution in [1.82, 2.24) is 19.4 Å². The van der Waals surface area contributed by atoms with Gasteiger partial charge in [-0.15, -0.1) is 0 Å². The van der Waals surface area contributed by atoms with Crippen molar-refractivity contribution < 1.29 is 5.11 Å². The van der Waals surface area contributed by atoms with E-state index in [9.17, 15) is 5.11 Å². The molecule has 0 saturated carbocycles. The molecule has 7 nitrogen and oxygen atoms in total. The number of nitrogens with two attached hydrogens (primary N) is 1. The molecular formula is C26H27ClN6O. The van der Waals surface area contributed by atoms with Crippen LogP contribution in [0, 0.1) is 12.3 Å². The highest BCUT2D eigenvalue weighted by Crippen LogP contribution is 2.51. The van der Waals surface area contributed by atoms with E-state index in [2.05, 4.69) is 16.0 Å². The zero-order valence-corrected chi connectivity index (χ0v) is 19.8. The summed E-state index contributed by atoms with van der Waals surface area (Å²) < 4.78 is 2.00. The van der Waals surface area contributed by atoms with E-state index in [0.29, 0.717) is 16.5 Å². The van der Waals surface area contributed by atoms with Gasteiger partial charge in [-0.2, -0.15) is 0 Å². The monoisotopic (exact) mass is 474 g/mol. The number of aliphatic hydroxyl groups is 1. The number of hydrogen-bond acceptors (Lipinski definition) is 6. The Balaban J connectivity index is 1.36. The summed E-state index contributed by atoms with van der Waals surface area (Å²) >= 11 is 6.63. The molecular weight excluding hydrogens is 448 g/mol. The Morgan fingerprint density at radius 3 is 2.79 bits per heavy atom. The Bertz CT molecular complexity index is 1390. The molecule has 1 unspecified atom stereocenters. The van der Waals surface area contributed by atoms with E-state index in [1.54, 1.807) is 6.20 Å². The molecule has 0 bridgehead atoms. The number of aryl methyl sites for hydroxylation is 1. The minimum absolute atomic E-state index is 0.0140. The normalized spacial score (nSPS) is 19.2. The van der Waals surface area contributed by atoms with Crippen molar-refractivity contribution in [2.45, 2.75) is 38.8 Å². The van der Waals surface area contributed by atoms with Crippen molar-refractivity contribution in [3.05, 3.63) is 76.5 Å². The topological polar surface area (TPSA) is 92.6 Å². The van der Waals surface area contributed by atoms with Crippen LogP contribution in [0.2, 0.25) is 5.02 Å². The Morgan fingerprint density at radius 1 is 1.21 bits per heavy atom. The molecule has 34 heavy (non-hydrogen) atoms. The third-order valence-electron chi connectivity index (χ3n) is 7.73. The molecule has 8 heteroatoms. The maximum atomic E-state index is 10.2. The molecule has 4 heterocycles. The summed E-state index contributed by atoms with van der Waals surface area (Å²) in [7, 11) is 0. The van der Waals surface area contributed by atoms with Crippen LogP contribution in [0.5, 0.6) is 0 Å². The number of nitrogens with zero attached hydrogens (tertiary/aromatic N) is 5. The number of aliphatic hydroxyl groups excluding tert-OH is 1. The standard InChI is InChI=1S/C26H27ClN6O/c1-16-3-2-4-18(21(16)27)24-31-20(15-34)22-25(30-9-12-33(22)24)32-10-6-26(7-11-32)13-17-5-8-29-14-19(17)23(26)28/h2-5,8-9,12,14,23,34H,6-7,10-11,13,15,28H2,1H3. The van der Waals surface area contributed by atoms with Gasteiger partial charge in [-0.3, -0.25) is 9.38 Å². The van der Waals surface area contributed by atoms with Crippen molar-refractivity contribution in [2.24, 2.45) is 11.1 Å². The van der Waals surface area contributed by atoms with Crippen molar-refractivity contribution >= 4 is 22.9 Å². The summed E-state index contributed by atoms with van der Waals surface area (Å²) in [5, 5.41) is 10.8. The van der Waals surface area contributed by atoms with Gasteiger partial charge in [-0.25, -0.2) is 9.97 Å². The molecule has 6 rings (SSSR count). The average Bonchev–Trinajstić information content (AvgIpc) is 3.37. The molecule has 0 amide bonds. The molecule has 4 aromatic rings. The van der Waals surface area contributed by atoms with Gasteiger partial charge in [0, 0.05) is 49.5 Å². The van der Waals surface area contributed by atoms with Crippen molar-refractivity contribution in [3.63, 3.8) is 0 Å². The average molecular weight is 475 g/mol. The summed E-state index contributed by atoms with van der Waals surface area (Å²) in [5.74, 6) is 1.56. The summed E-state index contributed by atoms with van der Waals surface area (Å²) in [6.45, 7) is 3.50. The summed E-state index contributed by atoms with van der Waals surface area (Å²) in [5.41, 5.74) is 12.6. The molecule has 1 aromatic carbocycles. The first kappa shape index (κ1) is 21.5. The Labute approximate surface area is 203 Å². The quantitative estimate of drug-likeness (QED) is 0.464. The second-order valence-electron chi connectivity index (χ2n) is 9.52. The molecule has 3 N–H and O–H groups in total. The number of aromatic nitrogens is 4. The minimum atomic E-state index is -0.170. The summed E-state index contributed by atoms with van der Waals surface area (Å²) in [6.07, 6.45) is 10.4. The lowest BCUT2D eigenvalue weighted by atomic mass is 9.73. The van der Waals surface area contributed by atoms with E-state index in [1.807, 2.05) is 48.1 Å². The lowest BCUT2D eigenvalue weighted by Gasteiger charge is -2.42. The van der Waals surface area contributed by atoms with Gasteiger partial charge in [-0.05, 0) is 60.4 Å². The largest absolute Gasteiger partial charge is 0.390 e. The van der Waals surface area contributed by atoms with Gasteiger partial charge in [0.05, 0.1) is 17.3 Å². The SMILES string of the molecule is Cc1cccc(-c2nc(CO)c3c(N4CCC5(CC4)Cc4ccncc4C5N)nccn23)c1Cl. The number of hydrogen-bond donors (Lipinski definition) is 2. The van der Waals surface area contributed by atoms with Crippen LogP contribution in [-0.4, -0.2) is 37.5 Å². The number of imidazole rings is 1. The zero-order chi connectivity index (χ0) is 23.4. The molecule has 3 aromatic heterocycles. The first-order valence-electron chi connectivity index (χ1n) is 11.7. The molecule has 1 aliphatic heterocycles. The lowest BCUT2D eigenvalue weighted by Crippen LogP contribution is -2.44. The molecule has 2 aliphatic rings. The highest BCUT2D eigenvalue weighted by Gasteiger charge is 2.46. The third-order valence-corrected chi connectivity index (χ3v) is 8.23. The summed E-state index contributed by atoms with van der Waals surface area (Å²) in [4.78, 5) is 16.1. The first-order valence-corrected chi connectivity index (χ1v) is 12.1. The van der Waals surface area contributed by atoms with Crippen molar-refractivity contribution in [2.75, 3.05) is 18.0 Å². The minimum Gasteiger partial charge on any atom is -0.390 e. The highest BCUT2D eigenvalue weighted by atomic mass is 35.5. The van der Waals surface area contributed by atoms with Crippen LogP contribution in [-0.2, 0) is 13.0 Å². The highest BCUT2D eigenvalue weighted by molar-refractivity contribution is 6.34. The molecule has 0 radical (unpaired) electrons. The third kappa shape index (κ3) is 3.15. The Kier molecular flexibility index (Phi) is 5.09. The van der Waals surface area contributed by atoms with Crippen LogP contribution in [0.15, 0.2) is 49.1 Å². The lowest BCUT2D eigenvalue weighted by molar-refractivity contribution is 0.187. The number of rotatable bonds is 3. The van der Waals surface area contributed by atoms with Crippen LogP contribution in [0.1, 0.15) is 41.3 Å². The fourth-order valence-electron chi connectivity index (χ4n) is 5.79. The second kappa shape index (κ2) is 8.05. The fraction of sp³-hybridized carbons (Fsp3) is 0.346. The maximum Gasteiger partial charge on any atom is 0.154 e. The van der Waals surface area contributed by atoms with E-state index in [1.165, 1.54) is 11.1 Å². The van der Waals surface area contributed by atoms with Crippen LogP contribution in [0.25, 0.3) is 16.9 Å². The molecule has 174 valence electrons. The fourth-order valence-corrected chi connectivity index (χ4v) is 6.00. The number of halogens is 1. The van der Waals surface area contributed by atoms with Gasteiger partial charge in [-0.1, -0.05) is 23.7 Å². The summed E-state index contributed by atoms with van der Waals surface area (Å²) in [6, 6.07) is 8.04. The molecule has 1 aliphatic carbocycles. The zero-order valence-electron chi connectivity index (χ0n) is 19.1. The van der Waals surface area contributed by atoms with Gasteiger partial charge in [0.15, 0.2) is 5.82 Å². The smallest absolute Gasteiger partial charge is 0.154 e. The van der Waals surface area contributed by atoms with Crippen LogP contribution in [0.3, 0.4) is 0 Å². The van der Waals surface area contributed by atoms with E-state index in [4.69, 9.17) is 27.3 Å². The number of fused-ring (bicyclic) bond motifs is 2. The van der Waals surface area contributed by atoms with Crippen LogP contribution < -0.4 is 10.6 Å². The number of piperidine rings is 1. The number of anilines is 1. The van der Waals surface area contributed by atoms with E-state index >= 15 is 0 Å². The number of pyridine rings is 1. The van der Waals surface area contributed by atoms with Gasteiger partial charge in [0.1, 0.15) is 11.3 Å². The first-order chi connectivity index (χ1) is 16.5. The van der Waals surface area contributed by atoms with Gasteiger partial charge in [0.25, 0.3) is 0 Å². The van der Waals surface area contributed by atoms with Crippen molar-refractivity contribution in [3.8, 4) is 11.4 Å². The predicted molar refractivity (Wildman–Crippen MR) is 133 cm³/mol. The second-order valence-corrected chi connectivity index (χ2v) is 9.90. The molecule has 1 atom stereocenters. The van der Waals surface area contributed by atoms with E-state index in [-0.39, 0.29) is 18.1 Å². The number of benzene rings is 1. The predicted octanol–water partition coefficient (Wildman–Crippen LogP) is 4.09. The van der Waals surface area contributed by atoms with Gasteiger partial charge < -0.3 is 15.7 Å². The van der Waals surface area contributed by atoms with Crippen LogP contribution >= 0.6 is 11.6 Å². The molecule has 1 saturated heterocycles. The molecule has 1 fully saturated rings. The Hall–Kier alpha value is -3.00. The van der Waals surface area contributed by atoms with E-state index < -0.39 is 0 Å². The van der Waals surface area contributed by atoms with Gasteiger partial charge in [0.2, 0.25) is 0 Å². The van der Waals surface area contributed by atoms with E-state index in [0.717, 1.165) is 54.8 Å².